The van der Waals surface area contributed by atoms with Gasteiger partial charge in [-0.05, 0) is 59.1 Å². The van der Waals surface area contributed by atoms with Crippen LogP contribution in [0.15, 0.2) is 50.4 Å². The number of amides is 2. The van der Waals surface area contributed by atoms with Gasteiger partial charge in [-0.1, -0.05) is 0 Å². The van der Waals surface area contributed by atoms with Crippen LogP contribution in [0.4, 0.5) is 0 Å². The van der Waals surface area contributed by atoms with Gasteiger partial charge in [0.2, 0.25) is 10.0 Å². The van der Waals surface area contributed by atoms with E-state index in [4.69, 9.17) is 9.15 Å². The summed E-state index contributed by atoms with van der Waals surface area (Å²) < 4.78 is 36.8. The highest BCUT2D eigenvalue weighted by Crippen LogP contribution is 2.26. The zero-order valence-corrected chi connectivity index (χ0v) is 17.5. The maximum absolute atomic E-state index is 12.7. The molecule has 0 unspecified atom stereocenters. The Hall–Kier alpha value is -2.50. The van der Waals surface area contributed by atoms with E-state index in [0.29, 0.717) is 17.6 Å². The van der Waals surface area contributed by atoms with Crippen LogP contribution >= 0.6 is 15.9 Å². The zero-order valence-electron chi connectivity index (χ0n) is 15.1. The molecule has 0 saturated carbocycles. The van der Waals surface area contributed by atoms with Gasteiger partial charge in [0.15, 0.2) is 12.4 Å². The van der Waals surface area contributed by atoms with Crippen molar-refractivity contribution >= 4 is 43.7 Å². The fraction of sp³-hybridized carbons (Fsp3) is 0.278. The Bertz CT molecular complexity index is 1030. The molecule has 2 heterocycles. The summed E-state index contributed by atoms with van der Waals surface area (Å²) in [7, 11) is -3.71. The highest BCUT2D eigenvalue weighted by molar-refractivity contribution is 9.10. The van der Waals surface area contributed by atoms with E-state index in [2.05, 4.69) is 15.9 Å². The molecule has 2 aromatic rings. The standard InChI is InChI=1S/C18H17BrN2O7S/c19-14-6-5-12(29(25,26)21-7-1-2-8-21)10-13(14)18(24)28-11-16(22)20-17(23)15-4-3-9-27-15/h3-6,9-10H,1-2,7-8,11H2,(H,20,22,23). The normalized spacial score (nSPS) is 14.5. The van der Waals surface area contributed by atoms with Gasteiger partial charge in [-0.3, -0.25) is 14.9 Å². The molecule has 1 aliphatic heterocycles. The van der Waals surface area contributed by atoms with Gasteiger partial charge >= 0.3 is 5.97 Å². The lowest BCUT2D eigenvalue weighted by Crippen LogP contribution is -2.34. The Kier molecular flexibility index (Phi) is 6.50. The first-order valence-corrected chi connectivity index (χ1v) is 10.9. The summed E-state index contributed by atoms with van der Waals surface area (Å²) in [6.45, 7) is 0.144. The van der Waals surface area contributed by atoms with E-state index in [0.717, 1.165) is 12.8 Å². The molecule has 0 atom stereocenters. The molecule has 11 heteroatoms. The monoisotopic (exact) mass is 484 g/mol. The van der Waals surface area contributed by atoms with Crippen molar-refractivity contribution < 1.29 is 32.0 Å². The number of hydrogen-bond donors (Lipinski definition) is 1. The van der Waals surface area contributed by atoms with Gasteiger partial charge in [-0.25, -0.2) is 13.2 Å². The molecule has 1 aromatic carbocycles. The quantitative estimate of drug-likeness (QED) is 0.621. The number of sulfonamides is 1. The molecule has 2 amide bonds. The number of imide groups is 1. The summed E-state index contributed by atoms with van der Waals surface area (Å²) in [6.07, 6.45) is 2.85. The molecule has 0 spiro atoms. The third-order valence-electron chi connectivity index (χ3n) is 4.19. The molecular formula is C18H17BrN2O7S. The van der Waals surface area contributed by atoms with Crippen molar-refractivity contribution in [3.8, 4) is 0 Å². The molecule has 0 aliphatic carbocycles. The molecule has 0 radical (unpaired) electrons. The molecule has 0 bridgehead atoms. The second-order valence-electron chi connectivity index (χ2n) is 6.18. The molecule has 1 aromatic heterocycles. The van der Waals surface area contributed by atoms with E-state index in [-0.39, 0.29) is 16.2 Å². The first kappa shape index (κ1) is 21.2. The molecule has 1 fully saturated rings. The number of furan rings is 1. The summed E-state index contributed by atoms with van der Waals surface area (Å²) in [5.74, 6) is -2.59. The number of benzene rings is 1. The SMILES string of the molecule is O=C(COC(=O)c1cc(S(=O)(=O)N2CCCC2)ccc1Br)NC(=O)c1ccco1. The Balaban J connectivity index is 1.66. The summed E-state index contributed by atoms with van der Waals surface area (Å²) in [5, 5.41) is 2.01. The third kappa shape index (κ3) is 4.92. The van der Waals surface area contributed by atoms with E-state index in [9.17, 15) is 22.8 Å². The van der Waals surface area contributed by atoms with E-state index < -0.39 is 34.4 Å². The van der Waals surface area contributed by atoms with Crippen molar-refractivity contribution in [3.05, 3.63) is 52.4 Å². The molecular weight excluding hydrogens is 468 g/mol. The number of hydrogen-bond acceptors (Lipinski definition) is 7. The summed E-state index contributed by atoms with van der Waals surface area (Å²) in [6, 6.07) is 6.88. The third-order valence-corrected chi connectivity index (χ3v) is 6.78. The van der Waals surface area contributed by atoms with Crippen LogP contribution in [0.25, 0.3) is 0 Å². The largest absolute Gasteiger partial charge is 0.459 e. The van der Waals surface area contributed by atoms with Crippen LogP contribution < -0.4 is 5.32 Å². The van der Waals surface area contributed by atoms with E-state index >= 15 is 0 Å². The van der Waals surface area contributed by atoms with Crippen molar-refractivity contribution in [3.63, 3.8) is 0 Å². The molecule has 1 aliphatic rings. The highest BCUT2D eigenvalue weighted by atomic mass is 79.9. The topological polar surface area (TPSA) is 123 Å². The average Bonchev–Trinajstić information content (AvgIpc) is 3.40. The lowest BCUT2D eigenvalue weighted by molar-refractivity contribution is -0.123. The Morgan fingerprint density at radius 3 is 2.55 bits per heavy atom. The Morgan fingerprint density at radius 2 is 1.90 bits per heavy atom. The number of ether oxygens (including phenoxy) is 1. The summed E-state index contributed by atoms with van der Waals surface area (Å²) >= 11 is 3.18. The maximum Gasteiger partial charge on any atom is 0.339 e. The fourth-order valence-electron chi connectivity index (χ4n) is 2.74. The number of rotatable bonds is 6. The van der Waals surface area contributed by atoms with Crippen molar-refractivity contribution in [2.45, 2.75) is 17.7 Å². The minimum absolute atomic E-state index is 0.0352. The second-order valence-corrected chi connectivity index (χ2v) is 8.98. The van der Waals surface area contributed by atoms with E-state index in [1.54, 1.807) is 0 Å². The number of esters is 1. The van der Waals surface area contributed by atoms with E-state index in [1.165, 1.54) is 40.9 Å². The number of nitrogens with zero attached hydrogens (tertiary/aromatic N) is 1. The highest BCUT2D eigenvalue weighted by Gasteiger charge is 2.28. The summed E-state index contributed by atoms with van der Waals surface area (Å²) in [5.41, 5.74) is -0.0459. The lowest BCUT2D eigenvalue weighted by Gasteiger charge is -2.16. The molecule has 29 heavy (non-hydrogen) atoms. The first-order valence-electron chi connectivity index (χ1n) is 8.63. The number of carbonyl (C=O) groups is 3. The molecule has 9 nitrogen and oxygen atoms in total. The van der Waals surface area contributed by atoms with Gasteiger partial charge in [0.25, 0.3) is 11.8 Å². The van der Waals surface area contributed by atoms with E-state index in [1.807, 2.05) is 5.32 Å². The van der Waals surface area contributed by atoms with Gasteiger partial charge in [-0.2, -0.15) is 4.31 Å². The first-order chi connectivity index (χ1) is 13.8. The van der Waals surface area contributed by atoms with Crippen molar-refractivity contribution in [2.24, 2.45) is 0 Å². The van der Waals surface area contributed by atoms with Crippen molar-refractivity contribution in [1.82, 2.24) is 9.62 Å². The molecule has 3 rings (SSSR count). The minimum atomic E-state index is -3.71. The zero-order chi connectivity index (χ0) is 21.0. The lowest BCUT2D eigenvalue weighted by atomic mass is 10.2. The fourth-order valence-corrected chi connectivity index (χ4v) is 4.69. The predicted molar refractivity (Wildman–Crippen MR) is 104 cm³/mol. The molecule has 154 valence electrons. The van der Waals surface area contributed by atoms with Crippen LogP contribution in [0.3, 0.4) is 0 Å². The van der Waals surface area contributed by atoms with Crippen LogP contribution in [0.2, 0.25) is 0 Å². The minimum Gasteiger partial charge on any atom is -0.459 e. The van der Waals surface area contributed by atoms with Gasteiger partial charge < -0.3 is 9.15 Å². The second kappa shape index (κ2) is 8.89. The van der Waals surface area contributed by atoms with Crippen molar-refractivity contribution in [1.29, 1.82) is 0 Å². The van der Waals surface area contributed by atoms with Crippen molar-refractivity contribution in [2.75, 3.05) is 19.7 Å². The number of carbonyl (C=O) groups excluding carboxylic acids is 3. The van der Waals surface area contributed by atoms with Crippen LogP contribution in [0.5, 0.6) is 0 Å². The number of nitrogens with one attached hydrogen (secondary N) is 1. The Morgan fingerprint density at radius 1 is 1.17 bits per heavy atom. The van der Waals surface area contributed by atoms with Gasteiger partial charge in [-0.15, -0.1) is 0 Å². The van der Waals surface area contributed by atoms with Gasteiger partial charge in [0, 0.05) is 17.6 Å². The maximum atomic E-state index is 12.7. The van der Waals surface area contributed by atoms with Crippen LogP contribution in [0, 0.1) is 0 Å². The van der Waals surface area contributed by atoms with Crippen LogP contribution in [-0.2, 0) is 19.6 Å². The summed E-state index contributed by atoms with van der Waals surface area (Å²) in [4.78, 5) is 35.8. The van der Waals surface area contributed by atoms with Gasteiger partial charge in [0.05, 0.1) is 16.7 Å². The molecule has 1 N–H and O–H groups in total. The smallest absolute Gasteiger partial charge is 0.339 e. The van der Waals surface area contributed by atoms with Crippen LogP contribution in [-0.4, -0.2) is 50.2 Å². The Labute approximate surface area is 175 Å². The van der Waals surface area contributed by atoms with Crippen LogP contribution in [0.1, 0.15) is 33.8 Å². The number of halogens is 1. The average molecular weight is 485 g/mol. The van der Waals surface area contributed by atoms with Gasteiger partial charge in [0.1, 0.15) is 0 Å². The predicted octanol–water partition coefficient (Wildman–Crippen LogP) is 1.94. The molecule has 1 saturated heterocycles.